The van der Waals surface area contributed by atoms with Crippen molar-refractivity contribution in [3.63, 3.8) is 0 Å². The van der Waals surface area contributed by atoms with E-state index >= 15 is 0 Å². The van der Waals surface area contributed by atoms with Crippen LogP contribution in [0, 0.1) is 12.8 Å². The van der Waals surface area contributed by atoms with Gasteiger partial charge in [0.05, 0.1) is 5.92 Å². The fourth-order valence-corrected chi connectivity index (χ4v) is 2.44. The number of carbonyl (C=O) groups is 2. The number of hydrogen-bond donors (Lipinski definition) is 1. The molecule has 0 bridgehead atoms. The maximum atomic E-state index is 12.4. The Labute approximate surface area is 112 Å². The molecule has 1 N–H and O–H groups in total. The Balaban J connectivity index is 2.14. The van der Waals surface area contributed by atoms with Gasteiger partial charge >= 0.3 is 5.97 Å². The zero-order chi connectivity index (χ0) is 14.0. The van der Waals surface area contributed by atoms with Crippen molar-refractivity contribution in [2.24, 2.45) is 5.92 Å². The van der Waals surface area contributed by atoms with Gasteiger partial charge in [0.1, 0.15) is 5.76 Å². The van der Waals surface area contributed by atoms with E-state index in [0.717, 1.165) is 24.2 Å². The molecule has 5 nitrogen and oxygen atoms in total. The van der Waals surface area contributed by atoms with Crippen LogP contribution in [0.2, 0.25) is 0 Å². The number of aryl methyl sites for hydroxylation is 2. The average Bonchev–Trinajstić information content (AvgIpc) is 2.79. The minimum atomic E-state index is -0.831. The van der Waals surface area contributed by atoms with Crippen LogP contribution in [0.5, 0.6) is 0 Å². The third-order valence-corrected chi connectivity index (χ3v) is 3.57. The van der Waals surface area contributed by atoms with Gasteiger partial charge in [-0.1, -0.05) is 6.92 Å². The van der Waals surface area contributed by atoms with Gasteiger partial charge in [0, 0.05) is 25.1 Å². The van der Waals surface area contributed by atoms with Crippen LogP contribution in [-0.2, 0) is 11.2 Å². The summed E-state index contributed by atoms with van der Waals surface area (Å²) in [7, 11) is 0. The fraction of sp³-hybridized carbons (Fsp3) is 0.571. The number of piperidine rings is 1. The molecule has 1 aliphatic rings. The Morgan fingerprint density at radius 2 is 2.26 bits per heavy atom. The highest BCUT2D eigenvalue weighted by molar-refractivity contribution is 5.93. The van der Waals surface area contributed by atoms with Crippen molar-refractivity contribution in [1.82, 2.24) is 4.90 Å². The molecule has 1 saturated heterocycles. The molecule has 2 rings (SSSR count). The molecule has 0 aliphatic carbocycles. The van der Waals surface area contributed by atoms with E-state index in [1.54, 1.807) is 4.90 Å². The Morgan fingerprint density at radius 3 is 2.84 bits per heavy atom. The van der Waals surface area contributed by atoms with Gasteiger partial charge in [0.15, 0.2) is 5.76 Å². The second-order valence-corrected chi connectivity index (χ2v) is 5.01. The SMILES string of the molecule is CCc1cc(C)c(C(=O)N2CCC[C@@H](C(=O)O)C2)o1. The number of aliphatic carboxylic acids is 1. The first kappa shape index (κ1) is 13.6. The Bertz CT molecular complexity index is 492. The number of furan rings is 1. The first-order valence-corrected chi connectivity index (χ1v) is 6.64. The summed E-state index contributed by atoms with van der Waals surface area (Å²) in [5.41, 5.74) is 0.819. The smallest absolute Gasteiger partial charge is 0.308 e. The molecule has 5 heteroatoms. The molecule has 0 aromatic carbocycles. The summed E-state index contributed by atoms with van der Waals surface area (Å²) in [6.45, 7) is 4.68. The summed E-state index contributed by atoms with van der Waals surface area (Å²) in [5.74, 6) is -0.347. The van der Waals surface area contributed by atoms with Crippen LogP contribution >= 0.6 is 0 Å². The highest BCUT2D eigenvalue weighted by atomic mass is 16.4. The second kappa shape index (κ2) is 5.47. The summed E-state index contributed by atoms with van der Waals surface area (Å²) in [5, 5.41) is 9.04. The van der Waals surface area contributed by atoms with E-state index in [2.05, 4.69) is 0 Å². The van der Waals surface area contributed by atoms with E-state index < -0.39 is 11.9 Å². The molecule has 0 radical (unpaired) electrons. The topological polar surface area (TPSA) is 70.8 Å². The van der Waals surface area contributed by atoms with Gasteiger partial charge in [0.25, 0.3) is 5.91 Å². The molecule has 1 atom stereocenters. The van der Waals surface area contributed by atoms with E-state index in [9.17, 15) is 9.59 Å². The van der Waals surface area contributed by atoms with Gasteiger partial charge in [-0.3, -0.25) is 9.59 Å². The predicted molar refractivity (Wildman–Crippen MR) is 69.1 cm³/mol. The van der Waals surface area contributed by atoms with Crippen molar-refractivity contribution < 1.29 is 19.1 Å². The maximum Gasteiger partial charge on any atom is 0.308 e. The summed E-state index contributed by atoms with van der Waals surface area (Å²) >= 11 is 0. The van der Waals surface area contributed by atoms with Gasteiger partial charge in [0.2, 0.25) is 0 Å². The molecule has 1 aliphatic heterocycles. The van der Waals surface area contributed by atoms with Gasteiger partial charge in [-0.15, -0.1) is 0 Å². The Kier molecular flexibility index (Phi) is 3.93. The van der Waals surface area contributed by atoms with Crippen LogP contribution < -0.4 is 0 Å². The number of carbonyl (C=O) groups excluding carboxylic acids is 1. The van der Waals surface area contributed by atoms with E-state index in [1.807, 2.05) is 19.9 Å². The minimum Gasteiger partial charge on any atom is -0.481 e. The zero-order valence-corrected chi connectivity index (χ0v) is 11.3. The Hall–Kier alpha value is -1.78. The third kappa shape index (κ3) is 2.80. The van der Waals surface area contributed by atoms with Gasteiger partial charge in [-0.25, -0.2) is 0 Å². The lowest BCUT2D eigenvalue weighted by Gasteiger charge is -2.30. The molecule has 1 amide bonds. The molecule has 2 heterocycles. The molecular weight excluding hydrogens is 246 g/mol. The number of likely N-dealkylation sites (tertiary alicyclic amines) is 1. The van der Waals surface area contributed by atoms with Crippen LogP contribution in [0.15, 0.2) is 10.5 Å². The molecule has 0 unspecified atom stereocenters. The highest BCUT2D eigenvalue weighted by Gasteiger charge is 2.30. The number of amides is 1. The fourth-order valence-electron chi connectivity index (χ4n) is 2.44. The number of rotatable bonds is 3. The van der Waals surface area contributed by atoms with Gasteiger partial charge in [-0.2, -0.15) is 0 Å². The molecule has 0 saturated carbocycles. The molecule has 104 valence electrons. The van der Waals surface area contributed by atoms with Crippen LogP contribution in [0.4, 0.5) is 0 Å². The lowest BCUT2D eigenvalue weighted by Crippen LogP contribution is -2.42. The third-order valence-electron chi connectivity index (χ3n) is 3.57. The maximum absolute atomic E-state index is 12.4. The van der Waals surface area contributed by atoms with Crippen LogP contribution in [-0.4, -0.2) is 35.0 Å². The number of nitrogens with zero attached hydrogens (tertiary/aromatic N) is 1. The first-order valence-electron chi connectivity index (χ1n) is 6.64. The van der Waals surface area contributed by atoms with Crippen molar-refractivity contribution in [1.29, 1.82) is 0 Å². The van der Waals surface area contributed by atoms with Gasteiger partial charge < -0.3 is 14.4 Å². The van der Waals surface area contributed by atoms with E-state index in [0.29, 0.717) is 18.7 Å². The van der Waals surface area contributed by atoms with Crippen molar-refractivity contribution in [3.05, 3.63) is 23.2 Å². The molecular formula is C14H19NO4. The summed E-state index contributed by atoms with van der Waals surface area (Å²) in [6, 6.07) is 1.87. The normalized spacial score (nSPS) is 19.5. The largest absolute Gasteiger partial charge is 0.481 e. The quantitative estimate of drug-likeness (QED) is 0.908. The number of hydrogen-bond acceptors (Lipinski definition) is 3. The number of carboxylic acid groups (broad SMARTS) is 1. The van der Waals surface area contributed by atoms with Crippen molar-refractivity contribution in [2.45, 2.75) is 33.1 Å². The van der Waals surface area contributed by atoms with Crippen molar-refractivity contribution in [2.75, 3.05) is 13.1 Å². The minimum absolute atomic E-state index is 0.192. The van der Waals surface area contributed by atoms with E-state index in [1.165, 1.54) is 0 Å². The summed E-state index contributed by atoms with van der Waals surface area (Å²) < 4.78 is 5.54. The van der Waals surface area contributed by atoms with Gasteiger partial charge in [-0.05, 0) is 25.8 Å². The molecule has 1 fully saturated rings. The van der Waals surface area contributed by atoms with Crippen molar-refractivity contribution >= 4 is 11.9 Å². The number of carboxylic acids is 1. The zero-order valence-electron chi connectivity index (χ0n) is 11.3. The van der Waals surface area contributed by atoms with E-state index in [4.69, 9.17) is 9.52 Å². The van der Waals surface area contributed by atoms with Crippen LogP contribution in [0.1, 0.15) is 41.6 Å². The predicted octanol–water partition coefficient (Wildman–Crippen LogP) is 2.09. The lowest BCUT2D eigenvalue weighted by molar-refractivity contribution is -0.143. The first-order chi connectivity index (χ1) is 9.02. The molecule has 1 aromatic heterocycles. The Morgan fingerprint density at radius 1 is 1.53 bits per heavy atom. The molecule has 0 spiro atoms. The lowest BCUT2D eigenvalue weighted by atomic mass is 9.98. The second-order valence-electron chi connectivity index (χ2n) is 5.01. The monoisotopic (exact) mass is 265 g/mol. The van der Waals surface area contributed by atoms with Crippen molar-refractivity contribution in [3.8, 4) is 0 Å². The molecule has 19 heavy (non-hydrogen) atoms. The summed E-state index contributed by atoms with van der Waals surface area (Å²) in [4.78, 5) is 25.0. The highest BCUT2D eigenvalue weighted by Crippen LogP contribution is 2.22. The van der Waals surface area contributed by atoms with Crippen LogP contribution in [0.3, 0.4) is 0 Å². The molecule has 1 aromatic rings. The standard InChI is InChI=1S/C14H19NO4/c1-3-11-7-9(2)12(19-11)13(16)15-6-4-5-10(8-15)14(17)18/h7,10H,3-6,8H2,1-2H3,(H,17,18)/t10-/m1/s1. The average molecular weight is 265 g/mol. The van der Waals surface area contributed by atoms with Crippen LogP contribution in [0.25, 0.3) is 0 Å². The summed E-state index contributed by atoms with van der Waals surface area (Å²) in [6.07, 6.45) is 2.10. The van der Waals surface area contributed by atoms with E-state index in [-0.39, 0.29) is 12.5 Å².